The first-order chi connectivity index (χ1) is 20.4. The van der Waals surface area contributed by atoms with E-state index in [2.05, 4.69) is 0 Å². The normalized spacial score (nSPS) is 14.2. The summed E-state index contributed by atoms with van der Waals surface area (Å²) in [5, 5.41) is 0. The van der Waals surface area contributed by atoms with Gasteiger partial charge in [-0.15, -0.1) is 0 Å². The molecule has 6 rings (SSSR count). The summed E-state index contributed by atoms with van der Waals surface area (Å²) in [4.78, 5) is 62.5. The summed E-state index contributed by atoms with van der Waals surface area (Å²) >= 11 is 0. The van der Waals surface area contributed by atoms with Gasteiger partial charge in [0.1, 0.15) is 23.0 Å². The van der Waals surface area contributed by atoms with Gasteiger partial charge in [0.25, 0.3) is 23.6 Å². The van der Waals surface area contributed by atoms with E-state index in [1.807, 2.05) is 0 Å². The molecule has 0 aliphatic carbocycles. The molecular formula is C33H20N2O7. The van der Waals surface area contributed by atoms with E-state index >= 15 is 0 Å². The Balaban J connectivity index is 1.06. The molecule has 9 heteroatoms. The fourth-order valence-corrected chi connectivity index (χ4v) is 4.42. The highest BCUT2D eigenvalue weighted by Gasteiger charge is 2.26. The number of hydrogen-bond acceptors (Lipinski definition) is 7. The van der Waals surface area contributed by atoms with Crippen LogP contribution in [0.5, 0.6) is 23.0 Å². The maximum atomic E-state index is 13.0. The number of amides is 4. The molecule has 0 saturated carbocycles. The molecule has 0 atom stereocenters. The Morgan fingerprint density at radius 2 is 0.667 bits per heavy atom. The van der Waals surface area contributed by atoms with Gasteiger partial charge in [-0.05, 0) is 97.1 Å². The lowest BCUT2D eigenvalue weighted by Gasteiger charge is -2.14. The number of rotatable bonds is 8. The second-order valence-corrected chi connectivity index (χ2v) is 9.26. The summed E-state index contributed by atoms with van der Waals surface area (Å²) in [6, 6.07) is 26.5. The molecule has 2 aliphatic rings. The van der Waals surface area contributed by atoms with E-state index in [0.717, 1.165) is 9.80 Å². The van der Waals surface area contributed by atoms with Crippen LogP contribution in [0.4, 0.5) is 11.4 Å². The maximum Gasteiger partial charge on any atom is 0.258 e. The van der Waals surface area contributed by atoms with Gasteiger partial charge in [-0.1, -0.05) is 0 Å². The summed E-state index contributed by atoms with van der Waals surface area (Å²) < 4.78 is 11.7. The number of imide groups is 2. The van der Waals surface area contributed by atoms with Crippen molar-refractivity contribution in [2.45, 2.75) is 0 Å². The highest BCUT2D eigenvalue weighted by atomic mass is 16.5. The Hall–Kier alpha value is -6.09. The molecule has 42 heavy (non-hydrogen) atoms. The lowest BCUT2D eigenvalue weighted by atomic mass is 10.0. The van der Waals surface area contributed by atoms with Crippen molar-refractivity contribution < 1.29 is 33.4 Å². The molecule has 0 bridgehead atoms. The quantitative estimate of drug-likeness (QED) is 0.212. The van der Waals surface area contributed by atoms with Gasteiger partial charge in [0, 0.05) is 35.4 Å². The average Bonchev–Trinajstić information content (AvgIpc) is 3.53. The van der Waals surface area contributed by atoms with Crippen LogP contribution in [0, 0.1) is 0 Å². The van der Waals surface area contributed by atoms with Gasteiger partial charge < -0.3 is 9.47 Å². The van der Waals surface area contributed by atoms with Crippen LogP contribution in [0.1, 0.15) is 15.9 Å². The van der Waals surface area contributed by atoms with Crippen molar-refractivity contribution in [2.24, 2.45) is 0 Å². The first-order valence-corrected chi connectivity index (χ1v) is 12.8. The molecule has 4 aromatic rings. The monoisotopic (exact) mass is 556 g/mol. The number of nitrogens with zero attached hydrogens (tertiary/aromatic N) is 2. The Morgan fingerprint density at radius 1 is 0.405 bits per heavy atom. The molecule has 4 aromatic carbocycles. The van der Waals surface area contributed by atoms with Crippen molar-refractivity contribution in [3.63, 3.8) is 0 Å². The van der Waals surface area contributed by atoms with Gasteiger partial charge in [0.15, 0.2) is 5.78 Å². The van der Waals surface area contributed by atoms with E-state index < -0.39 is 23.6 Å². The first kappa shape index (κ1) is 26.1. The number of carbonyl (C=O) groups excluding carboxylic acids is 5. The van der Waals surface area contributed by atoms with E-state index in [4.69, 9.17) is 9.47 Å². The van der Waals surface area contributed by atoms with Crippen LogP contribution in [-0.4, -0.2) is 29.4 Å². The lowest BCUT2D eigenvalue weighted by molar-refractivity contribution is -0.121. The van der Waals surface area contributed by atoms with Crippen LogP contribution >= 0.6 is 0 Å². The standard InChI is InChI=1S/C33H20N2O7/c36-29-17-18-30(37)34(29)23-5-13-27(14-6-23)41-25-9-1-21(2-10-25)33(40)22-3-11-26(12-4-22)42-28-15-7-24(8-16-28)35-31(38)19-20-32(35)39/h1-20H. The van der Waals surface area contributed by atoms with Crippen LogP contribution < -0.4 is 19.3 Å². The topological polar surface area (TPSA) is 110 Å². The summed E-state index contributed by atoms with van der Waals surface area (Å²) in [5.74, 6) is 0.288. The Kier molecular flexibility index (Phi) is 6.74. The van der Waals surface area contributed by atoms with Crippen molar-refractivity contribution in [2.75, 3.05) is 9.80 Å². The highest BCUT2D eigenvalue weighted by molar-refractivity contribution is 6.28. The second kappa shape index (κ2) is 10.8. The zero-order valence-electron chi connectivity index (χ0n) is 21.8. The van der Waals surface area contributed by atoms with Gasteiger partial charge >= 0.3 is 0 Å². The number of ether oxygens (including phenoxy) is 2. The van der Waals surface area contributed by atoms with Crippen molar-refractivity contribution in [1.82, 2.24) is 0 Å². The molecule has 2 heterocycles. The van der Waals surface area contributed by atoms with Crippen LogP contribution in [0.15, 0.2) is 121 Å². The lowest BCUT2D eigenvalue weighted by Crippen LogP contribution is -2.29. The third-order valence-electron chi connectivity index (χ3n) is 6.51. The minimum Gasteiger partial charge on any atom is -0.457 e. The van der Waals surface area contributed by atoms with Crippen molar-refractivity contribution in [1.29, 1.82) is 0 Å². The molecule has 2 aliphatic heterocycles. The summed E-state index contributed by atoms with van der Waals surface area (Å²) in [7, 11) is 0. The average molecular weight is 557 g/mol. The number of benzene rings is 4. The molecule has 0 aromatic heterocycles. The SMILES string of the molecule is O=C(c1ccc(Oc2ccc(N3C(=O)C=CC3=O)cc2)cc1)c1ccc(Oc2ccc(N3C(=O)C=CC3=O)cc2)cc1. The van der Waals surface area contributed by atoms with Crippen LogP contribution in [-0.2, 0) is 19.2 Å². The molecule has 204 valence electrons. The molecule has 4 amide bonds. The van der Waals surface area contributed by atoms with Gasteiger partial charge in [-0.3, -0.25) is 24.0 Å². The molecule has 0 fully saturated rings. The fraction of sp³-hybridized carbons (Fsp3) is 0. The van der Waals surface area contributed by atoms with Crippen molar-refractivity contribution in [3.05, 3.63) is 132 Å². The van der Waals surface area contributed by atoms with Gasteiger partial charge in [0.05, 0.1) is 11.4 Å². The summed E-state index contributed by atoms with van der Waals surface area (Å²) in [5.41, 5.74) is 1.84. The maximum absolute atomic E-state index is 13.0. The molecular weight excluding hydrogens is 536 g/mol. The van der Waals surface area contributed by atoms with E-state index in [-0.39, 0.29) is 5.78 Å². The van der Waals surface area contributed by atoms with E-state index in [1.54, 1.807) is 97.1 Å². The summed E-state index contributed by atoms with van der Waals surface area (Å²) in [6.45, 7) is 0. The second-order valence-electron chi connectivity index (χ2n) is 9.26. The largest absolute Gasteiger partial charge is 0.457 e. The molecule has 0 N–H and O–H groups in total. The predicted molar refractivity (Wildman–Crippen MR) is 153 cm³/mol. The molecule has 0 spiro atoms. The first-order valence-electron chi connectivity index (χ1n) is 12.8. The fourth-order valence-electron chi connectivity index (χ4n) is 4.42. The third-order valence-corrected chi connectivity index (χ3v) is 6.51. The molecule has 9 nitrogen and oxygen atoms in total. The van der Waals surface area contributed by atoms with Crippen LogP contribution in [0.3, 0.4) is 0 Å². The molecule has 0 saturated heterocycles. The molecule has 0 unspecified atom stereocenters. The summed E-state index contributed by atoms with van der Waals surface area (Å²) in [6.07, 6.45) is 4.90. The van der Waals surface area contributed by atoms with E-state index in [1.165, 1.54) is 24.3 Å². The van der Waals surface area contributed by atoms with Gasteiger partial charge in [-0.2, -0.15) is 0 Å². The Morgan fingerprint density at radius 3 is 0.952 bits per heavy atom. The van der Waals surface area contributed by atoms with E-state index in [9.17, 15) is 24.0 Å². The Bertz CT molecular complexity index is 1620. The number of anilines is 2. The van der Waals surface area contributed by atoms with Crippen molar-refractivity contribution in [3.8, 4) is 23.0 Å². The number of hydrogen-bond donors (Lipinski definition) is 0. The van der Waals surface area contributed by atoms with Crippen molar-refractivity contribution >= 4 is 40.8 Å². The molecule has 0 radical (unpaired) electrons. The zero-order valence-corrected chi connectivity index (χ0v) is 21.8. The Labute approximate surface area is 239 Å². The minimum absolute atomic E-state index is 0.177. The minimum atomic E-state index is -0.392. The highest BCUT2D eigenvalue weighted by Crippen LogP contribution is 2.28. The van der Waals surface area contributed by atoms with Crippen LogP contribution in [0.25, 0.3) is 0 Å². The zero-order chi connectivity index (χ0) is 29.2. The third kappa shape index (κ3) is 5.22. The van der Waals surface area contributed by atoms with Crippen LogP contribution in [0.2, 0.25) is 0 Å². The number of ketones is 1. The van der Waals surface area contributed by atoms with Gasteiger partial charge in [-0.25, -0.2) is 9.80 Å². The predicted octanol–water partition coefficient (Wildman–Crippen LogP) is 5.36. The van der Waals surface area contributed by atoms with Gasteiger partial charge in [0.2, 0.25) is 0 Å². The smallest absolute Gasteiger partial charge is 0.258 e. The number of carbonyl (C=O) groups is 5. The van der Waals surface area contributed by atoms with E-state index in [0.29, 0.717) is 45.5 Å².